The maximum atomic E-state index is 6.11. The van der Waals surface area contributed by atoms with Crippen LogP contribution >= 0.6 is 11.6 Å². The van der Waals surface area contributed by atoms with Crippen LogP contribution in [-0.2, 0) is 0 Å². The molecule has 2 aromatic carbocycles. The van der Waals surface area contributed by atoms with Crippen LogP contribution in [0, 0.1) is 13.8 Å². The molecular formula is C14H15ClN2. The van der Waals surface area contributed by atoms with Crippen molar-refractivity contribution in [3.63, 3.8) is 0 Å². The minimum atomic E-state index is 0.628. The highest BCUT2D eigenvalue weighted by Crippen LogP contribution is 2.31. The number of rotatable bonds is 2. The van der Waals surface area contributed by atoms with Crippen molar-refractivity contribution in [1.29, 1.82) is 0 Å². The zero-order valence-corrected chi connectivity index (χ0v) is 10.7. The summed E-state index contributed by atoms with van der Waals surface area (Å²) in [6.45, 7) is 4.17. The molecule has 0 spiro atoms. The van der Waals surface area contributed by atoms with Crippen molar-refractivity contribution in [2.75, 3.05) is 11.1 Å². The monoisotopic (exact) mass is 246 g/mol. The van der Waals surface area contributed by atoms with E-state index in [4.69, 9.17) is 17.3 Å². The first-order chi connectivity index (χ1) is 8.08. The average Bonchev–Trinajstić information content (AvgIpc) is 2.28. The van der Waals surface area contributed by atoms with Crippen LogP contribution in [0.25, 0.3) is 0 Å². The van der Waals surface area contributed by atoms with Gasteiger partial charge in [-0.1, -0.05) is 23.7 Å². The number of halogens is 1. The van der Waals surface area contributed by atoms with Gasteiger partial charge in [-0.05, 0) is 49.2 Å². The van der Waals surface area contributed by atoms with Gasteiger partial charge in [0.15, 0.2) is 0 Å². The number of nitrogen functional groups attached to an aromatic ring is 1. The predicted octanol–water partition coefficient (Wildman–Crippen LogP) is 4.28. The van der Waals surface area contributed by atoms with Crippen LogP contribution in [0.2, 0.25) is 5.02 Å². The smallest absolute Gasteiger partial charge is 0.0807 e. The van der Waals surface area contributed by atoms with E-state index < -0.39 is 0 Å². The van der Waals surface area contributed by atoms with Gasteiger partial charge in [-0.2, -0.15) is 0 Å². The van der Waals surface area contributed by atoms with E-state index in [1.807, 2.05) is 24.3 Å². The van der Waals surface area contributed by atoms with E-state index in [1.54, 1.807) is 0 Å². The van der Waals surface area contributed by atoms with Gasteiger partial charge in [0.25, 0.3) is 0 Å². The molecule has 0 saturated heterocycles. The van der Waals surface area contributed by atoms with E-state index >= 15 is 0 Å². The largest absolute Gasteiger partial charge is 0.397 e. The molecule has 0 aliphatic heterocycles. The topological polar surface area (TPSA) is 38.0 Å². The summed E-state index contributed by atoms with van der Waals surface area (Å²) < 4.78 is 0. The summed E-state index contributed by atoms with van der Waals surface area (Å²) in [5.41, 5.74) is 10.8. The molecule has 0 aromatic heterocycles. The van der Waals surface area contributed by atoms with E-state index in [9.17, 15) is 0 Å². The Hall–Kier alpha value is -1.67. The molecule has 17 heavy (non-hydrogen) atoms. The van der Waals surface area contributed by atoms with Crippen LogP contribution in [-0.4, -0.2) is 0 Å². The molecule has 0 unspecified atom stereocenters. The number of anilines is 3. The van der Waals surface area contributed by atoms with Crippen molar-refractivity contribution < 1.29 is 0 Å². The third-order valence-corrected chi connectivity index (χ3v) is 3.14. The molecule has 0 heterocycles. The van der Waals surface area contributed by atoms with Crippen molar-refractivity contribution in [2.24, 2.45) is 0 Å². The number of para-hydroxylation sites is 1. The standard InChI is InChI=1S/C14H15ClN2/c1-9-6-7-11(8-10(9)2)17-14-12(15)4-3-5-13(14)16/h3-8,17H,16H2,1-2H3. The van der Waals surface area contributed by atoms with E-state index in [2.05, 4.69) is 31.3 Å². The van der Waals surface area contributed by atoms with E-state index in [0.717, 1.165) is 11.4 Å². The maximum Gasteiger partial charge on any atom is 0.0807 e. The third kappa shape index (κ3) is 2.53. The lowest BCUT2D eigenvalue weighted by Crippen LogP contribution is -1.97. The number of hydrogen-bond acceptors (Lipinski definition) is 2. The lowest BCUT2D eigenvalue weighted by molar-refractivity contribution is 1.34. The third-order valence-electron chi connectivity index (χ3n) is 2.82. The Morgan fingerprint density at radius 2 is 1.82 bits per heavy atom. The minimum absolute atomic E-state index is 0.628. The van der Waals surface area contributed by atoms with Crippen LogP contribution in [0.15, 0.2) is 36.4 Å². The van der Waals surface area contributed by atoms with Crippen molar-refractivity contribution in [3.8, 4) is 0 Å². The molecule has 0 atom stereocenters. The second-order valence-electron chi connectivity index (χ2n) is 4.13. The summed E-state index contributed by atoms with van der Waals surface area (Å²) in [6, 6.07) is 11.7. The van der Waals surface area contributed by atoms with Crippen molar-refractivity contribution in [1.82, 2.24) is 0 Å². The number of aryl methyl sites for hydroxylation is 2. The number of nitrogens with one attached hydrogen (secondary N) is 1. The fraction of sp³-hybridized carbons (Fsp3) is 0.143. The van der Waals surface area contributed by atoms with E-state index in [1.165, 1.54) is 11.1 Å². The first-order valence-electron chi connectivity index (χ1n) is 5.46. The number of nitrogens with two attached hydrogens (primary N) is 1. The highest BCUT2D eigenvalue weighted by Gasteiger charge is 2.05. The molecule has 2 rings (SSSR count). The zero-order valence-electron chi connectivity index (χ0n) is 9.92. The van der Waals surface area contributed by atoms with Gasteiger partial charge in [-0.25, -0.2) is 0 Å². The fourth-order valence-corrected chi connectivity index (χ4v) is 1.87. The van der Waals surface area contributed by atoms with Gasteiger partial charge in [-0.15, -0.1) is 0 Å². The summed E-state index contributed by atoms with van der Waals surface area (Å²) in [6.07, 6.45) is 0. The van der Waals surface area contributed by atoms with E-state index in [-0.39, 0.29) is 0 Å². The van der Waals surface area contributed by atoms with E-state index in [0.29, 0.717) is 10.7 Å². The Morgan fingerprint density at radius 3 is 2.47 bits per heavy atom. The molecule has 3 N–H and O–H groups in total. The van der Waals surface area contributed by atoms with Crippen LogP contribution < -0.4 is 11.1 Å². The molecule has 0 fully saturated rings. The summed E-state index contributed by atoms with van der Waals surface area (Å²) in [5, 5.41) is 3.88. The predicted molar refractivity (Wildman–Crippen MR) is 75.1 cm³/mol. The molecular weight excluding hydrogens is 232 g/mol. The van der Waals surface area contributed by atoms with Gasteiger partial charge in [0.1, 0.15) is 0 Å². The molecule has 0 saturated carbocycles. The van der Waals surface area contributed by atoms with Crippen molar-refractivity contribution in [3.05, 3.63) is 52.5 Å². The van der Waals surface area contributed by atoms with Crippen molar-refractivity contribution in [2.45, 2.75) is 13.8 Å². The van der Waals surface area contributed by atoms with Gasteiger partial charge in [0.05, 0.1) is 16.4 Å². The lowest BCUT2D eigenvalue weighted by Gasteiger charge is -2.12. The number of hydrogen-bond donors (Lipinski definition) is 2. The molecule has 3 heteroatoms. The summed E-state index contributed by atoms with van der Waals surface area (Å²) in [5.74, 6) is 0. The highest BCUT2D eigenvalue weighted by atomic mass is 35.5. The molecule has 2 aromatic rings. The van der Waals surface area contributed by atoms with Crippen LogP contribution in [0.5, 0.6) is 0 Å². The first-order valence-corrected chi connectivity index (χ1v) is 5.84. The highest BCUT2D eigenvalue weighted by molar-refractivity contribution is 6.34. The maximum absolute atomic E-state index is 6.11. The first kappa shape index (κ1) is 11.8. The van der Waals surface area contributed by atoms with Gasteiger partial charge in [0.2, 0.25) is 0 Å². The molecule has 0 amide bonds. The van der Waals surface area contributed by atoms with Crippen LogP contribution in [0.1, 0.15) is 11.1 Å². The van der Waals surface area contributed by atoms with Gasteiger partial charge in [0, 0.05) is 5.69 Å². The molecule has 0 bridgehead atoms. The zero-order chi connectivity index (χ0) is 12.4. The Balaban J connectivity index is 2.35. The normalized spacial score (nSPS) is 10.3. The summed E-state index contributed by atoms with van der Waals surface area (Å²) >= 11 is 6.11. The SMILES string of the molecule is Cc1ccc(Nc2c(N)cccc2Cl)cc1C. The van der Waals surface area contributed by atoms with Gasteiger partial charge >= 0.3 is 0 Å². The van der Waals surface area contributed by atoms with Crippen LogP contribution in [0.4, 0.5) is 17.1 Å². The molecule has 0 aliphatic carbocycles. The Kier molecular flexibility index (Phi) is 3.25. The van der Waals surface area contributed by atoms with Crippen LogP contribution in [0.3, 0.4) is 0 Å². The Bertz CT molecular complexity index is 530. The molecule has 88 valence electrons. The molecule has 0 aliphatic rings. The second-order valence-corrected chi connectivity index (χ2v) is 4.54. The number of benzene rings is 2. The van der Waals surface area contributed by atoms with Gasteiger partial charge < -0.3 is 11.1 Å². The second kappa shape index (κ2) is 4.68. The van der Waals surface area contributed by atoms with Gasteiger partial charge in [-0.3, -0.25) is 0 Å². The lowest BCUT2D eigenvalue weighted by atomic mass is 10.1. The average molecular weight is 247 g/mol. The molecule has 0 radical (unpaired) electrons. The Morgan fingerprint density at radius 1 is 1.06 bits per heavy atom. The minimum Gasteiger partial charge on any atom is -0.397 e. The quantitative estimate of drug-likeness (QED) is 0.776. The molecule has 2 nitrogen and oxygen atoms in total. The summed E-state index contributed by atoms with van der Waals surface area (Å²) in [4.78, 5) is 0. The fourth-order valence-electron chi connectivity index (χ4n) is 1.64. The van der Waals surface area contributed by atoms with Crippen molar-refractivity contribution >= 4 is 28.7 Å². The summed E-state index contributed by atoms with van der Waals surface area (Å²) in [7, 11) is 0. The Labute approximate surface area is 106 Å².